The Morgan fingerprint density at radius 3 is 3.00 bits per heavy atom. The van der Waals surface area contributed by atoms with Gasteiger partial charge in [0.2, 0.25) is 0 Å². The van der Waals surface area contributed by atoms with Crippen molar-refractivity contribution in [2.24, 2.45) is 0 Å². The average molecular weight is 307 g/mol. The molecule has 0 aromatic rings. The zero-order valence-electron chi connectivity index (χ0n) is 8.73. The van der Waals surface area contributed by atoms with Crippen LogP contribution in [0.3, 0.4) is 0 Å². The van der Waals surface area contributed by atoms with Gasteiger partial charge in [0.05, 0.1) is 0 Å². The molecule has 0 saturated heterocycles. The SMILES string of the molecule is CC1=C(/C=C/COC=S)SC(C(C)[Se])N1. The monoisotopic (exact) mass is 308 g/mol. The van der Waals surface area contributed by atoms with Crippen molar-refractivity contribution in [3.8, 4) is 0 Å². The Balaban J connectivity index is 2.45. The van der Waals surface area contributed by atoms with Crippen LogP contribution in [0.5, 0.6) is 0 Å². The first kappa shape index (κ1) is 13.1. The van der Waals surface area contributed by atoms with Crippen LogP contribution in [0, 0.1) is 0 Å². The van der Waals surface area contributed by atoms with E-state index in [0.717, 1.165) is 0 Å². The van der Waals surface area contributed by atoms with Crippen LogP contribution in [0.15, 0.2) is 22.8 Å². The number of nitrogens with one attached hydrogen (secondary N) is 1. The number of ether oxygens (including phenoxy) is 1. The maximum atomic E-state index is 4.95. The van der Waals surface area contributed by atoms with Crippen molar-refractivity contribution in [3.05, 3.63) is 22.8 Å². The van der Waals surface area contributed by atoms with Crippen molar-refractivity contribution in [3.63, 3.8) is 0 Å². The zero-order chi connectivity index (χ0) is 11.3. The third-order valence-electron chi connectivity index (χ3n) is 1.94. The van der Waals surface area contributed by atoms with Gasteiger partial charge in [0, 0.05) is 0 Å². The molecule has 1 radical (unpaired) electrons. The van der Waals surface area contributed by atoms with Gasteiger partial charge in [0.25, 0.3) is 0 Å². The minimum atomic E-state index is 0.441. The number of allylic oxidation sites excluding steroid dienone is 2. The van der Waals surface area contributed by atoms with Crippen molar-refractivity contribution in [2.75, 3.05) is 6.61 Å². The fourth-order valence-electron chi connectivity index (χ4n) is 1.17. The van der Waals surface area contributed by atoms with E-state index in [-0.39, 0.29) is 0 Å². The Morgan fingerprint density at radius 2 is 2.47 bits per heavy atom. The summed E-state index contributed by atoms with van der Waals surface area (Å²) in [5, 5.41) is 3.88. The Kier molecular flexibility index (Phi) is 5.75. The van der Waals surface area contributed by atoms with Gasteiger partial charge in [-0.05, 0) is 0 Å². The minimum absolute atomic E-state index is 0.441. The van der Waals surface area contributed by atoms with E-state index in [1.54, 1.807) is 0 Å². The predicted molar refractivity (Wildman–Crippen MR) is 71.1 cm³/mol. The molecule has 2 unspecified atom stereocenters. The van der Waals surface area contributed by atoms with Gasteiger partial charge in [-0.15, -0.1) is 0 Å². The van der Waals surface area contributed by atoms with E-state index < -0.39 is 0 Å². The third-order valence-corrected chi connectivity index (χ3v) is 4.51. The molecule has 0 fully saturated rings. The Hall–Kier alpha value is 0.0395. The Bertz CT molecular complexity index is 289. The summed E-state index contributed by atoms with van der Waals surface area (Å²) < 4.78 is 4.95. The van der Waals surface area contributed by atoms with Crippen molar-refractivity contribution in [2.45, 2.75) is 24.0 Å². The predicted octanol–water partition coefficient (Wildman–Crippen LogP) is 2.39. The summed E-state index contributed by atoms with van der Waals surface area (Å²) in [7, 11) is 0. The molecule has 2 nitrogen and oxygen atoms in total. The maximum absolute atomic E-state index is 4.95. The van der Waals surface area contributed by atoms with Gasteiger partial charge in [-0.1, -0.05) is 0 Å². The molecular weight excluding hydrogens is 293 g/mol. The number of hydrogen-bond donors (Lipinski definition) is 1. The van der Waals surface area contributed by atoms with Crippen LogP contribution in [0.1, 0.15) is 13.8 Å². The van der Waals surface area contributed by atoms with E-state index in [0.29, 0.717) is 16.8 Å². The molecule has 1 N–H and O–H groups in total. The number of hydrogen-bond acceptors (Lipinski definition) is 4. The summed E-state index contributed by atoms with van der Waals surface area (Å²) in [6.45, 7) is 4.80. The molecule has 0 amide bonds. The van der Waals surface area contributed by atoms with Gasteiger partial charge in [-0.3, -0.25) is 0 Å². The van der Waals surface area contributed by atoms with Gasteiger partial charge in [-0.2, -0.15) is 0 Å². The summed E-state index contributed by atoms with van der Waals surface area (Å²) in [5.74, 6) is 0. The molecule has 5 heteroatoms. The second kappa shape index (κ2) is 6.59. The Labute approximate surface area is 109 Å². The standard InChI is InChI=1S/C10H14NOS2Se/c1-7-9(4-3-5-12-6-13)14-10(11-7)8(2)15/h3-4,6,8,10-11H,5H2,1-2H3/b4-3+. The molecule has 1 rings (SSSR count). The second-order valence-electron chi connectivity index (χ2n) is 3.21. The summed E-state index contributed by atoms with van der Waals surface area (Å²) in [6.07, 6.45) is 4.05. The molecule has 1 aliphatic heterocycles. The van der Waals surface area contributed by atoms with Gasteiger partial charge in [-0.25, -0.2) is 0 Å². The third kappa shape index (κ3) is 4.19. The first-order chi connectivity index (χ1) is 7.15. The number of thioether (sulfide) groups is 1. The normalized spacial score (nSPS) is 23.0. The fraction of sp³-hybridized carbons (Fsp3) is 0.500. The molecule has 0 aromatic heterocycles. The van der Waals surface area contributed by atoms with Crippen LogP contribution < -0.4 is 5.32 Å². The summed E-state index contributed by atoms with van der Waals surface area (Å²) in [5.41, 5.74) is 2.52. The molecule has 0 aromatic carbocycles. The second-order valence-corrected chi connectivity index (χ2v) is 6.14. The summed E-state index contributed by atoms with van der Waals surface area (Å²) in [4.78, 5) is 1.78. The molecular formula is C10H14NOS2Se. The zero-order valence-corrected chi connectivity index (χ0v) is 12.1. The van der Waals surface area contributed by atoms with Crippen LogP contribution in [0.4, 0.5) is 0 Å². The molecule has 0 saturated carbocycles. The van der Waals surface area contributed by atoms with Gasteiger partial charge in [0.15, 0.2) is 0 Å². The molecule has 1 heterocycles. The fourth-order valence-corrected chi connectivity index (χ4v) is 2.85. The molecule has 15 heavy (non-hydrogen) atoms. The summed E-state index contributed by atoms with van der Waals surface area (Å²) in [6, 6.07) is 0. The molecule has 83 valence electrons. The first-order valence-electron chi connectivity index (χ1n) is 4.67. The number of thiocarbonyl (C=S) groups is 1. The van der Waals surface area contributed by atoms with Crippen LogP contribution in [0.2, 0.25) is 4.82 Å². The van der Waals surface area contributed by atoms with E-state index in [2.05, 4.69) is 53.5 Å². The van der Waals surface area contributed by atoms with Crippen molar-refractivity contribution < 1.29 is 4.74 Å². The van der Waals surface area contributed by atoms with Gasteiger partial charge >= 0.3 is 109 Å². The average Bonchev–Trinajstić information content (AvgIpc) is 2.55. The van der Waals surface area contributed by atoms with Crippen molar-refractivity contribution >= 4 is 45.5 Å². The summed E-state index contributed by atoms with van der Waals surface area (Å²) >= 11 is 9.53. The van der Waals surface area contributed by atoms with Gasteiger partial charge in [0.1, 0.15) is 0 Å². The van der Waals surface area contributed by atoms with Gasteiger partial charge < -0.3 is 0 Å². The van der Waals surface area contributed by atoms with Crippen LogP contribution in [0.25, 0.3) is 0 Å². The van der Waals surface area contributed by atoms with E-state index in [1.807, 2.05) is 17.8 Å². The molecule has 0 bridgehead atoms. The van der Waals surface area contributed by atoms with Crippen LogP contribution in [-0.2, 0) is 4.74 Å². The van der Waals surface area contributed by atoms with E-state index in [4.69, 9.17) is 4.74 Å². The molecule has 1 aliphatic rings. The quantitative estimate of drug-likeness (QED) is 0.478. The van der Waals surface area contributed by atoms with E-state index in [1.165, 1.54) is 16.2 Å². The molecule has 2 atom stereocenters. The van der Waals surface area contributed by atoms with Crippen LogP contribution in [-0.4, -0.2) is 33.5 Å². The first-order valence-corrected chi connectivity index (χ1v) is 7.01. The molecule has 0 spiro atoms. The van der Waals surface area contributed by atoms with E-state index >= 15 is 0 Å². The molecule has 0 aliphatic carbocycles. The van der Waals surface area contributed by atoms with Crippen molar-refractivity contribution in [1.29, 1.82) is 0 Å². The Morgan fingerprint density at radius 1 is 1.73 bits per heavy atom. The van der Waals surface area contributed by atoms with Crippen molar-refractivity contribution in [1.82, 2.24) is 5.32 Å². The van der Waals surface area contributed by atoms with Crippen LogP contribution >= 0.6 is 24.0 Å². The number of rotatable bonds is 5. The topological polar surface area (TPSA) is 21.3 Å². The van der Waals surface area contributed by atoms with E-state index in [9.17, 15) is 0 Å².